The van der Waals surface area contributed by atoms with Crippen molar-refractivity contribution in [3.05, 3.63) is 156 Å². The van der Waals surface area contributed by atoms with E-state index in [1.165, 1.54) is 27.2 Å². The van der Waals surface area contributed by atoms with E-state index in [2.05, 4.69) is 6.58 Å². The summed E-state index contributed by atoms with van der Waals surface area (Å²) in [5, 5.41) is 0. The molecule has 0 radical (unpaired) electrons. The van der Waals surface area contributed by atoms with Crippen LogP contribution in [-0.4, -0.2) is 143 Å². The van der Waals surface area contributed by atoms with Gasteiger partial charge in [0.2, 0.25) is 0 Å². The van der Waals surface area contributed by atoms with Gasteiger partial charge in [-0.3, -0.25) is 4.79 Å². The van der Waals surface area contributed by atoms with Crippen molar-refractivity contribution in [3.8, 4) is 0 Å². The number of hydrogen-bond donors (Lipinski definition) is 1. The van der Waals surface area contributed by atoms with E-state index in [9.17, 15) is 14.4 Å². The average molecular weight is 1040 g/mol. The van der Waals surface area contributed by atoms with Crippen LogP contribution in [0.5, 0.6) is 0 Å². The fraction of sp³-hybridized carbons (Fsp3) is 0.482. The predicted molar refractivity (Wildman–Crippen MR) is 264 cm³/mol. The summed E-state index contributed by atoms with van der Waals surface area (Å²) in [6.45, 7) is 8.51. The third kappa shape index (κ3) is 14.3. The topological polar surface area (TPSA) is 216 Å². The van der Waals surface area contributed by atoms with E-state index in [0.29, 0.717) is 0 Å². The molecule has 4 aliphatic heterocycles. The first kappa shape index (κ1) is 55.7. The van der Waals surface area contributed by atoms with Crippen molar-refractivity contribution in [2.75, 3.05) is 27.4 Å². The number of fused-ring (bicyclic) bond motifs is 1. The maximum absolute atomic E-state index is 13.8. The van der Waals surface area contributed by atoms with Gasteiger partial charge in [0.15, 0.2) is 43.0 Å². The Hall–Kier alpha value is -5.49. The van der Waals surface area contributed by atoms with Crippen LogP contribution in [-0.2, 0) is 112 Å². The Kier molecular flexibility index (Phi) is 19.7. The molecule has 0 spiro atoms. The van der Waals surface area contributed by atoms with Crippen molar-refractivity contribution in [1.29, 1.82) is 0 Å². The number of esters is 3. The molecule has 4 aromatic carbocycles. The summed E-state index contributed by atoms with van der Waals surface area (Å²) in [5.41, 5.74) is 10.6. The van der Waals surface area contributed by atoms with Gasteiger partial charge in [0.25, 0.3) is 0 Å². The molecular weight excluding hydrogens is 975 g/mol. The zero-order valence-corrected chi connectivity index (χ0v) is 42.7. The molecule has 0 unspecified atom stereocenters. The van der Waals surface area contributed by atoms with E-state index in [1.807, 2.05) is 121 Å². The second kappa shape index (κ2) is 26.5. The Morgan fingerprint density at radius 1 is 0.573 bits per heavy atom. The molecule has 4 aliphatic rings. The third-order valence-corrected chi connectivity index (χ3v) is 12.9. The minimum atomic E-state index is -1.59. The van der Waals surface area contributed by atoms with Crippen LogP contribution >= 0.6 is 0 Å². The van der Waals surface area contributed by atoms with Gasteiger partial charge < -0.3 is 76.8 Å². The van der Waals surface area contributed by atoms with E-state index in [4.69, 9.17) is 76.8 Å². The van der Waals surface area contributed by atoms with Crippen LogP contribution in [0, 0.1) is 0 Å². The maximum Gasteiger partial charge on any atom is 0.337 e. The van der Waals surface area contributed by atoms with Gasteiger partial charge in [0, 0.05) is 6.92 Å². The zero-order valence-electron chi connectivity index (χ0n) is 42.7. The van der Waals surface area contributed by atoms with Crippen molar-refractivity contribution in [1.82, 2.24) is 0 Å². The van der Waals surface area contributed by atoms with Crippen molar-refractivity contribution in [2.24, 2.45) is 5.73 Å². The number of methoxy groups -OCH3 is 2. The normalized spacial score (nSPS) is 31.1. The SMILES string of the molecule is C=CCO[C@H]1[C@H](OCc2ccccc2)[C@@H](OC(C)=O)[C@H](O[C@H]2[C@H](OCc3ccccc3)[C@@H](N)[C@@H](O[C@H]3[C@H](OCc4ccccc4)[C@H]4OC(C)(C)O[C@H]4O[C@H]3C(=O)OC)O[C@@H]2COCc2ccccc2)O[C@H]1C(=O)OC. The van der Waals surface area contributed by atoms with Gasteiger partial charge in [0.1, 0.15) is 48.8 Å². The summed E-state index contributed by atoms with van der Waals surface area (Å²) in [6, 6.07) is 36.3. The summed E-state index contributed by atoms with van der Waals surface area (Å²) in [5.74, 6) is -3.45. The molecule has 19 heteroatoms. The quantitative estimate of drug-likeness (QED) is 0.0572. The van der Waals surface area contributed by atoms with Gasteiger partial charge in [-0.2, -0.15) is 0 Å². The fourth-order valence-corrected chi connectivity index (χ4v) is 9.44. The van der Waals surface area contributed by atoms with Gasteiger partial charge in [-0.25, -0.2) is 9.59 Å². The Labute approximate surface area is 436 Å². The molecule has 4 aromatic rings. The van der Waals surface area contributed by atoms with Crippen LogP contribution in [0.1, 0.15) is 43.0 Å². The van der Waals surface area contributed by atoms with Crippen molar-refractivity contribution in [2.45, 2.75) is 145 Å². The number of hydrogen-bond acceptors (Lipinski definition) is 19. The highest BCUT2D eigenvalue weighted by atomic mass is 16.8. The summed E-state index contributed by atoms with van der Waals surface area (Å²) < 4.78 is 95.3. The Morgan fingerprint density at radius 2 is 1.07 bits per heavy atom. The van der Waals surface area contributed by atoms with Gasteiger partial charge >= 0.3 is 17.9 Å². The summed E-state index contributed by atoms with van der Waals surface area (Å²) in [7, 11) is 2.44. The van der Waals surface area contributed by atoms with Gasteiger partial charge in [-0.15, -0.1) is 6.58 Å². The molecule has 19 nitrogen and oxygen atoms in total. The highest BCUT2D eigenvalue weighted by molar-refractivity contribution is 5.76. The minimum Gasteiger partial charge on any atom is -0.467 e. The van der Waals surface area contributed by atoms with Gasteiger partial charge in [0.05, 0.1) is 59.9 Å². The molecule has 4 saturated heterocycles. The van der Waals surface area contributed by atoms with E-state index in [-0.39, 0.29) is 39.6 Å². The molecule has 0 aliphatic carbocycles. The monoisotopic (exact) mass is 1040 g/mol. The molecule has 0 aromatic heterocycles. The lowest BCUT2D eigenvalue weighted by atomic mass is 9.94. The molecule has 4 fully saturated rings. The van der Waals surface area contributed by atoms with Crippen LogP contribution < -0.4 is 5.73 Å². The molecular formula is C56H67NO18. The molecule has 75 heavy (non-hydrogen) atoms. The number of carbonyl (C=O) groups is 3. The zero-order chi connectivity index (χ0) is 52.9. The van der Waals surface area contributed by atoms with Crippen LogP contribution in [0.4, 0.5) is 0 Å². The molecule has 404 valence electrons. The van der Waals surface area contributed by atoms with Crippen LogP contribution in [0.15, 0.2) is 134 Å². The number of nitrogens with two attached hydrogens (primary N) is 1. The highest BCUT2D eigenvalue weighted by Gasteiger charge is 2.61. The second-order valence-electron chi connectivity index (χ2n) is 18.8. The number of rotatable bonds is 23. The van der Waals surface area contributed by atoms with E-state index >= 15 is 0 Å². The van der Waals surface area contributed by atoms with E-state index < -0.39 is 116 Å². The summed E-state index contributed by atoms with van der Waals surface area (Å²) in [4.78, 5) is 40.8. The largest absolute Gasteiger partial charge is 0.467 e. The molecule has 2 N–H and O–H groups in total. The molecule has 0 bridgehead atoms. The fourth-order valence-electron chi connectivity index (χ4n) is 9.44. The van der Waals surface area contributed by atoms with E-state index in [1.54, 1.807) is 13.8 Å². The number of ether oxygens (including phenoxy) is 15. The molecule has 0 saturated carbocycles. The average Bonchev–Trinajstić information content (AvgIpc) is 3.74. The standard InChI is InChI=1S/C56H67NO18/c1-7-28-64-43-44(66-31-37-24-16-10-17-25-37)49(68-34(2)58)54(72-47(43)51(59)61-5)70-41-39(33-63-29-35-20-12-8-13-21-35)69-53(40(57)42(41)65-30-36-22-14-9-15-23-36)71-46-45(67-32-38-26-18-11-19-27-38)50-55(75-56(3,4)74-50)73-48(46)52(60)62-6/h7-27,39-50,53-55H,1,28-33,57H2,2-6H3/t39-,40-,41-,42-,43+,44+,45+,46+,47-,48-,49-,50-,53-,54-,55-/m1/s1. The van der Waals surface area contributed by atoms with Crippen molar-refractivity contribution >= 4 is 17.9 Å². The number of carbonyl (C=O) groups excluding carboxylic acids is 3. The Balaban J connectivity index is 1.18. The Morgan fingerprint density at radius 3 is 1.59 bits per heavy atom. The van der Waals surface area contributed by atoms with Crippen molar-refractivity contribution in [3.63, 3.8) is 0 Å². The molecule has 4 heterocycles. The minimum absolute atomic E-state index is 0.0107. The summed E-state index contributed by atoms with van der Waals surface area (Å²) >= 11 is 0. The lowest BCUT2D eigenvalue weighted by Crippen LogP contribution is -2.69. The Bertz CT molecular complexity index is 2420. The molecule has 8 rings (SSSR count). The van der Waals surface area contributed by atoms with Crippen LogP contribution in [0.2, 0.25) is 0 Å². The second-order valence-corrected chi connectivity index (χ2v) is 18.8. The molecule has 15 atom stereocenters. The van der Waals surface area contributed by atoms with Gasteiger partial charge in [-0.1, -0.05) is 127 Å². The van der Waals surface area contributed by atoms with Crippen LogP contribution in [0.25, 0.3) is 0 Å². The van der Waals surface area contributed by atoms with Gasteiger partial charge in [-0.05, 0) is 36.1 Å². The molecule has 0 amide bonds. The number of benzene rings is 4. The lowest BCUT2D eigenvalue weighted by molar-refractivity contribution is -0.364. The predicted octanol–water partition coefficient (Wildman–Crippen LogP) is 5.23. The summed E-state index contributed by atoms with van der Waals surface area (Å²) in [6.07, 6.45) is -16.1. The van der Waals surface area contributed by atoms with Crippen LogP contribution in [0.3, 0.4) is 0 Å². The smallest absolute Gasteiger partial charge is 0.337 e. The maximum atomic E-state index is 13.8. The lowest BCUT2D eigenvalue weighted by Gasteiger charge is -2.50. The third-order valence-electron chi connectivity index (χ3n) is 12.9. The van der Waals surface area contributed by atoms with E-state index in [0.717, 1.165) is 22.3 Å². The first-order valence-electron chi connectivity index (χ1n) is 24.9. The first-order valence-corrected chi connectivity index (χ1v) is 24.9. The highest BCUT2D eigenvalue weighted by Crippen LogP contribution is 2.41. The van der Waals surface area contributed by atoms with Crippen molar-refractivity contribution < 1.29 is 85.4 Å². The first-order chi connectivity index (χ1) is 36.4.